The molecular formula is C14H20N2O2. The second-order valence-corrected chi connectivity index (χ2v) is 4.67. The molecule has 0 aliphatic carbocycles. The number of amides is 1. The van der Waals surface area contributed by atoms with E-state index in [0.717, 1.165) is 17.5 Å². The summed E-state index contributed by atoms with van der Waals surface area (Å²) in [5.41, 5.74) is 7.49. The number of rotatable bonds is 3. The third kappa shape index (κ3) is 2.89. The molecule has 1 fully saturated rings. The maximum absolute atomic E-state index is 12.4. The highest BCUT2D eigenvalue weighted by atomic mass is 16.5. The van der Waals surface area contributed by atoms with Crippen molar-refractivity contribution >= 4 is 5.91 Å². The van der Waals surface area contributed by atoms with Gasteiger partial charge in [0, 0.05) is 12.1 Å². The summed E-state index contributed by atoms with van der Waals surface area (Å²) in [7, 11) is 0. The summed E-state index contributed by atoms with van der Waals surface area (Å²) >= 11 is 0. The summed E-state index contributed by atoms with van der Waals surface area (Å²) < 4.78 is 5.42. The minimum atomic E-state index is 0.0803. The van der Waals surface area contributed by atoms with Crippen molar-refractivity contribution in [2.45, 2.75) is 19.4 Å². The minimum Gasteiger partial charge on any atom is -0.377 e. The van der Waals surface area contributed by atoms with E-state index in [4.69, 9.17) is 10.5 Å². The van der Waals surface area contributed by atoms with Crippen LogP contribution in [0.25, 0.3) is 0 Å². The number of carbonyl (C=O) groups excluding carboxylic acids is 1. The summed E-state index contributed by atoms with van der Waals surface area (Å²) in [6.45, 7) is 4.44. The first-order valence-electron chi connectivity index (χ1n) is 6.38. The van der Waals surface area contributed by atoms with E-state index in [2.05, 4.69) is 0 Å². The summed E-state index contributed by atoms with van der Waals surface area (Å²) in [6, 6.07) is 7.80. The number of morpholine rings is 1. The first-order chi connectivity index (χ1) is 8.72. The third-order valence-electron chi connectivity index (χ3n) is 3.29. The Morgan fingerprint density at radius 2 is 2.17 bits per heavy atom. The number of nitrogens with two attached hydrogens (primary N) is 1. The predicted molar refractivity (Wildman–Crippen MR) is 70.5 cm³/mol. The average molecular weight is 248 g/mol. The Morgan fingerprint density at radius 1 is 1.44 bits per heavy atom. The Bertz CT molecular complexity index is 401. The zero-order valence-electron chi connectivity index (χ0n) is 10.8. The Labute approximate surface area is 108 Å². The maximum Gasteiger partial charge on any atom is 0.254 e. The lowest BCUT2D eigenvalue weighted by Crippen LogP contribution is -2.49. The lowest BCUT2D eigenvalue weighted by Gasteiger charge is -2.35. The monoisotopic (exact) mass is 248 g/mol. The molecule has 1 heterocycles. The normalized spacial score (nSPS) is 19.9. The van der Waals surface area contributed by atoms with Crippen molar-refractivity contribution in [3.8, 4) is 0 Å². The molecule has 18 heavy (non-hydrogen) atoms. The molecule has 4 heteroatoms. The number of aryl methyl sites for hydroxylation is 1. The number of hydrogen-bond donors (Lipinski definition) is 1. The van der Waals surface area contributed by atoms with E-state index in [1.165, 1.54) is 0 Å². The van der Waals surface area contributed by atoms with Gasteiger partial charge in [0.2, 0.25) is 0 Å². The van der Waals surface area contributed by atoms with Crippen LogP contribution in [0.15, 0.2) is 24.3 Å². The van der Waals surface area contributed by atoms with Gasteiger partial charge in [-0.2, -0.15) is 0 Å². The van der Waals surface area contributed by atoms with Crippen molar-refractivity contribution < 1.29 is 9.53 Å². The first-order valence-corrected chi connectivity index (χ1v) is 6.38. The zero-order chi connectivity index (χ0) is 13.0. The predicted octanol–water partition coefficient (Wildman–Crippen LogP) is 1.18. The number of benzene rings is 1. The van der Waals surface area contributed by atoms with Crippen LogP contribution in [0.2, 0.25) is 0 Å². The second kappa shape index (κ2) is 5.98. The van der Waals surface area contributed by atoms with E-state index < -0.39 is 0 Å². The summed E-state index contributed by atoms with van der Waals surface area (Å²) in [6.07, 6.45) is 0.789. The van der Waals surface area contributed by atoms with E-state index in [1.807, 2.05) is 36.1 Å². The van der Waals surface area contributed by atoms with Crippen molar-refractivity contribution in [2.24, 2.45) is 5.73 Å². The molecule has 1 aliphatic heterocycles. The van der Waals surface area contributed by atoms with Gasteiger partial charge in [-0.25, -0.2) is 0 Å². The molecule has 0 radical (unpaired) electrons. The van der Waals surface area contributed by atoms with Crippen LogP contribution in [0.3, 0.4) is 0 Å². The van der Waals surface area contributed by atoms with Gasteiger partial charge in [-0.3, -0.25) is 4.79 Å². The lowest BCUT2D eigenvalue weighted by molar-refractivity contribution is -0.00344. The van der Waals surface area contributed by atoms with Crippen LogP contribution >= 0.6 is 0 Å². The molecule has 1 amide bonds. The highest BCUT2D eigenvalue weighted by molar-refractivity contribution is 5.94. The molecule has 98 valence electrons. The fourth-order valence-electron chi connectivity index (χ4n) is 2.22. The van der Waals surface area contributed by atoms with Gasteiger partial charge in [0.1, 0.15) is 0 Å². The number of nitrogens with zero attached hydrogens (tertiary/aromatic N) is 1. The Kier molecular flexibility index (Phi) is 4.33. The molecule has 1 aromatic carbocycles. The standard InChI is InChI=1S/C14H20N2O2/c1-11-2-4-12(5-3-11)14(17)16-8-9-18-10-13(16)6-7-15/h2-5,13H,6-10,15H2,1H3. The van der Waals surface area contributed by atoms with Crippen LogP contribution in [0.1, 0.15) is 22.3 Å². The van der Waals surface area contributed by atoms with E-state index >= 15 is 0 Å². The first kappa shape index (κ1) is 13.1. The van der Waals surface area contributed by atoms with E-state index in [-0.39, 0.29) is 11.9 Å². The van der Waals surface area contributed by atoms with Crippen molar-refractivity contribution in [2.75, 3.05) is 26.3 Å². The molecule has 2 N–H and O–H groups in total. The quantitative estimate of drug-likeness (QED) is 0.874. The van der Waals surface area contributed by atoms with Crippen LogP contribution in [0.4, 0.5) is 0 Å². The van der Waals surface area contributed by atoms with Crippen LogP contribution in [0.5, 0.6) is 0 Å². The Hall–Kier alpha value is -1.39. The van der Waals surface area contributed by atoms with Crippen LogP contribution in [-0.4, -0.2) is 43.2 Å². The molecule has 1 saturated heterocycles. The second-order valence-electron chi connectivity index (χ2n) is 4.67. The molecule has 0 spiro atoms. The van der Waals surface area contributed by atoms with Crippen molar-refractivity contribution in [3.05, 3.63) is 35.4 Å². The zero-order valence-corrected chi connectivity index (χ0v) is 10.8. The van der Waals surface area contributed by atoms with E-state index in [9.17, 15) is 4.79 Å². The van der Waals surface area contributed by atoms with Gasteiger partial charge in [-0.15, -0.1) is 0 Å². The van der Waals surface area contributed by atoms with Crippen LogP contribution < -0.4 is 5.73 Å². The molecule has 1 unspecified atom stereocenters. The van der Waals surface area contributed by atoms with E-state index in [1.54, 1.807) is 0 Å². The number of hydrogen-bond acceptors (Lipinski definition) is 3. The average Bonchev–Trinajstić information content (AvgIpc) is 2.40. The molecule has 0 aromatic heterocycles. The summed E-state index contributed by atoms with van der Waals surface area (Å²) in [4.78, 5) is 14.3. The molecule has 1 aliphatic rings. The maximum atomic E-state index is 12.4. The Balaban J connectivity index is 2.12. The SMILES string of the molecule is Cc1ccc(C(=O)N2CCOCC2CCN)cc1. The van der Waals surface area contributed by atoms with Crippen molar-refractivity contribution in [1.29, 1.82) is 0 Å². The minimum absolute atomic E-state index is 0.0803. The largest absolute Gasteiger partial charge is 0.377 e. The summed E-state index contributed by atoms with van der Waals surface area (Å²) in [5, 5.41) is 0. The fraction of sp³-hybridized carbons (Fsp3) is 0.500. The summed E-state index contributed by atoms with van der Waals surface area (Å²) in [5.74, 6) is 0.0803. The topological polar surface area (TPSA) is 55.6 Å². The van der Waals surface area contributed by atoms with Gasteiger partial charge in [0.05, 0.1) is 19.3 Å². The number of carbonyl (C=O) groups is 1. The van der Waals surface area contributed by atoms with Gasteiger partial charge in [-0.05, 0) is 32.0 Å². The molecule has 0 saturated carbocycles. The lowest BCUT2D eigenvalue weighted by atomic mass is 10.1. The highest BCUT2D eigenvalue weighted by Crippen LogP contribution is 2.15. The third-order valence-corrected chi connectivity index (χ3v) is 3.29. The molecule has 0 bridgehead atoms. The molecule has 1 aromatic rings. The number of ether oxygens (including phenoxy) is 1. The highest BCUT2D eigenvalue weighted by Gasteiger charge is 2.27. The molecule has 1 atom stereocenters. The fourth-order valence-corrected chi connectivity index (χ4v) is 2.22. The van der Waals surface area contributed by atoms with Crippen molar-refractivity contribution in [1.82, 2.24) is 4.90 Å². The molecular weight excluding hydrogens is 228 g/mol. The van der Waals surface area contributed by atoms with Gasteiger partial charge in [-0.1, -0.05) is 17.7 Å². The Morgan fingerprint density at radius 3 is 2.83 bits per heavy atom. The van der Waals surface area contributed by atoms with Crippen molar-refractivity contribution in [3.63, 3.8) is 0 Å². The van der Waals surface area contributed by atoms with E-state index in [0.29, 0.717) is 26.3 Å². The molecule has 2 rings (SSSR count). The van der Waals surface area contributed by atoms with Gasteiger partial charge in [0.15, 0.2) is 0 Å². The van der Waals surface area contributed by atoms with Crippen LogP contribution in [-0.2, 0) is 4.74 Å². The molecule has 4 nitrogen and oxygen atoms in total. The smallest absolute Gasteiger partial charge is 0.254 e. The van der Waals surface area contributed by atoms with Gasteiger partial charge in [0.25, 0.3) is 5.91 Å². The van der Waals surface area contributed by atoms with Gasteiger partial charge < -0.3 is 15.4 Å². The van der Waals surface area contributed by atoms with Crippen LogP contribution in [0, 0.1) is 6.92 Å². The van der Waals surface area contributed by atoms with Gasteiger partial charge >= 0.3 is 0 Å².